The Bertz CT molecular complexity index is 1080. The minimum Gasteiger partial charge on any atom is -0.437 e. The topological polar surface area (TPSA) is 105 Å². The normalized spacial score (nSPS) is 19.0. The maximum absolute atomic E-state index is 12.9. The summed E-state index contributed by atoms with van der Waals surface area (Å²) in [4.78, 5) is 19.8. The quantitative estimate of drug-likeness (QED) is 0.182. The average Bonchev–Trinajstić information content (AvgIpc) is 3.57. The highest BCUT2D eigenvalue weighted by Crippen LogP contribution is 2.35. The molecule has 1 aliphatic carbocycles. The van der Waals surface area contributed by atoms with E-state index in [0.29, 0.717) is 36.2 Å². The summed E-state index contributed by atoms with van der Waals surface area (Å²) >= 11 is 0. The van der Waals surface area contributed by atoms with E-state index in [4.69, 9.17) is 0 Å². The number of pyridine rings is 1. The van der Waals surface area contributed by atoms with E-state index in [9.17, 15) is 27.5 Å². The first-order valence-electron chi connectivity index (χ1n) is 11.0. The Morgan fingerprint density at radius 1 is 1.33 bits per heavy atom. The summed E-state index contributed by atoms with van der Waals surface area (Å²) in [6.45, 7) is -0.800. The van der Waals surface area contributed by atoms with Crippen LogP contribution >= 0.6 is 0 Å². The van der Waals surface area contributed by atoms with E-state index in [-0.39, 0.29) is 18.2 Å². The summed E-state index contributed by atoms with van der Waals surface area (Å²) in [5.74, 6) is -0.763. The molecule has 3 N–H and O–H groups in total. The van der Waals surface area contributed by atoms with E-state index in [1.54, 1.807) is 18.3 Å². The molecule has 2 heterocycles. The lowest BCUT2D eigenvalue weighted by Gasteiger charge is -2.27. The molecule has 1 aromatic rings. The third kappa shape index (κ3) is 7.94. The fourth-order valence-corrected chi connectivity index (χ4v) is 3.24. The highest BCUT2D eigenvalue weighted by atomic mass is 19.3. The van der Waals surface area contributed by atoms with Crippen LogP contribution < -0.4 is 10.6 Å². The molecule has 1 aromatic heterocycles. The molecule has 12 heteroatoms. The summed E-state index contributed by atoms with van der Waals surface area (Å²) in [6.07, 6.45) is 8.43. The van der Waals surface area contributed by atoms with E-state index in [1.807, 2.05) is 6.07 Å². The van der Waals surface area contributed by atoms with E-state index in [0.717, 1.165) is 5.56 Å². The third-order valence-electron chi connectivity index (χ3n) is 5.32. The SMILES string of the molecule is C=C(/C=C\N=C(C)OC(F)F)C1NC(Cc2ccc(CNC(=O)C3(O)CC3)nc2)=CC=C1OC(F)F. The Balaban J connectivity index is 1.62. The Morgan fingerprint density at radius 3 is 2.69 bits per heavy atom. The number of halogens is 4. The van der Waals surface area contributed by atoms with Gasteiger partial charge in [-0.15, -0.1) is 0 Å². The Hall–Kier alpha value is -3.67. The maximum Gasteiger partial charge on any atom is 0.388 e. The summed E-state index contributed by atoms with van der Waals surface area (Å²) < 4.78 is 58.9. The largest absolute Gasteiger partial charge is 0.437 e. The van der Waals surface area contributed by atoms with Gasteiger partial charge in [0.2, 0.25) is 0 Å². The number of nitrogens with zero attached hydrogens (tertiary/aromatic N) is 2. The van der Waals surface area contributed by atoms with Crippen molar-refractivity contribution in [3.05, 3.63) is 77.6 Å². The number of hydrogen-bond acceptors (Lipinski definition) is 7. The number of allylic oxidation sites excluding steroid dienone is 3. The van der Waals surface area contributed by atoms with Gasteiger partial charge in [-0.2, -0.15) is 17.6 Å². The predicted octanol–water partition coefficient (Wildman–Crippen LogP) is 3.47. The molecule has 0 aromatic carbocycles. The zero-order chi connectivity index (χ0) is 26.3. The molecular formula is C24H26F4N4O4. The summed E-state index contributed by atoms with van der Waals surface area (Å²) in [5.41, 5.74) is 1.12. The number of alkyl halides is 4. The van der Waals surface area contributed by atoms with Crippen LogP contribution in [0.2, 0.25) is 0 Å². The smallest absolute Gasteiger partial charge is 0.388 e. The number of aliphatic imine (C=N–C) groups is 1. The van der Waals surface area contributed by atoms with Crippen LogP contribution in [0.4, 0.5) is 17.6 Å². The number of aliphatic hydroxyl groups is 1. The van der Waals surface area contributed by atoms with Crippen LogP contribution in [0.15, 0.2) is 71.4 Å². The van der Waals surface area contributed by atoms with Crippen LogP contribution in [0.5, 0.6) is 0 Å². The average molecular weight is 510 g/mol. The molecule has 1 aliphatic heterocycles. The monoisotopic (exact) mass is 510 g/mol. The van der Waals surface area contributed by atoms with Crippen molar-refractivity contribution in [1.29, 1.82) is 0 Å². The lowest BCUT2D eigenvalue weighted by Crippen LogP contribution is -2.36. The molecule has 1 saturated carbocycles. The first-order chi connectivity index (χ1) is 17.1. The van der Waals surface area contributed by atoms with Gasteiger partial charge in [-0.25, -0.2) is 4.99 Å². The third-order valence-corrected chi connectivity index (χ3v) is 5.32. The van der Waals surface area contributed by atoms with Crippen molar-refractivity contribution in [2.24, 2.45) is 4.99 Å². The van der Waals surface area contributed by atoms with Crippen molar-refractivity contribution in [1.82, 2.24) is 15.6 Å². The molecule has 1 amide bonds. The second kappa shape index (κ2) is 11.8. The number of carbonyl (C=O) groups excluding carboxylic acids is 1. The minimum atomic E-state index is -3.05. The molecule has 1 atom stereocenters. The van der Waals surface area contributed by atoms with Gasteiger partial charge in [-0.05, 0) is 48.3 Å². The summed E-state index contributed by atoms with van der Waals surface area (Å²) in [6, 6.07) is 2.69. The molecule has 36 heavy (non-hydrogen) atoms. The van der Waals surface area contributed by atoms with Crippen LogP contribution in [-0.4, -0.2) is 46.8 Å². The predicted molar refractivity (Wildman–Crippen MR) is 123 cm³/mol. The van der Waals surface area contributed by atoms with Crippen molar-refractivity contribution < 1.29 is 36.9 Å². The van der Waals surface area contributed by atoms with Crippen molar-refractivity contribution in [3.8, 4) is 0 Å². The first-order valence-corrected chi connectivity index (χ1v) is 11.0. The fraction of sp³-hybridized carbons (Fsp3) is 0.375. The molecule has 3 rings (SSSR count). The van der Waals surface area contributed by atoms with Crippen molar-refractivity contribution in [3.63, 3.8) is 0 Å². The van der Waals surface area contributed by atoms with Crippen molar-refractivity contribution >= 4 is 11.8 Å². The summed E-state index contributed by atoms with van der Waals surface area (Å²) in [5, 5.41) is 15.5. The fourth-order valence-electron chi connectivity index (χ4n) is 3.24. The van der Waals surface area contributed by atoms with Gasteiger partial charge >= 0.3 is 13.2 Å². The van der Waals surface area contributed by atoms with E-state index in [1.165, 1.54) is 25.3 Å². The molecule has 0 radical (unpaired) electrons. The van der Waals surface area contributed by atoms with Crippen LogP contribution in [0, 0.1) is 0 Å². The van der Waals surface area contributed by atoms with Crippen LogP contribution in [0.3, 0.4) is 0 Å². The number of aromatic nitrogens is 1. The number of rotatable bonds is 11. The number of amides is 1. The van der Waals surface area contributed by atoms with Crippen molar-refractivity contribution in [2.45, 2.75) is 57.6 Å². The number of hydrogen-bond donors (Lipinski definition) is 3. The van der Waals surface area contributed by atoms with Gasteiger partial charge in [0.25, 0.3) is 5.91 Å². The standard InChI is InChI=1S/C24H26F4N4O4/c1-14(7-10-29-15(2)35-22(25)26)20-19(36-23(27)28)6-5-17(32-20)11-16-3-4-18(30-12-16)13-31-21(33)24(34)8-9-24/h3-7,10,12,20,22-23,32,34H,1,8-9,11,13H2,2H3,(H,31,33)/b10-7-,29-15?. The molecular weight excluding hydrogens is 484 g/mol. The molecule has 1 fully saturated rings. The number of nitrogens with one attached hydrogen (secondary N) is 2. The molecule has 0 spiro atoms. The van der Waals surface area contributed by atoms with Crippen LogP contribution in [-0.2, 0) is 27.2 Å². The van der Waals surface area contributed by atoms with Gasteiger partial charge < -0.3 is 25.2 Å². The van der Waals surface area contributed by atoms with Gasteiger partial charge in [0, 0.05) is 31.4 Å². The minimum absolute atomic E-state index is 0.0746. The molecule has 1 unspecified atom stereocenters. The lowest BCUT2D eigenvalue weighted by molar-refractivity contribution is -0.131. The molecule has 0 saturated heterocycles. The zero-order valence-electron chi connectivity index (χ0n) is 19.4. The lowest BCUT2D eigenvalue weighted by atomic mass is 10.0. The number of dihydropyridines is 1. The van der Waals surface area contributed by atoms with Crippen LogP contribution in [0.1, 0.15) is 31.0 Å². The number of carbonyl (C=O) groups is 1. The van der Waals surface area contributed by atoms with Gasteiger partial charge in [-0.1, -0.05) is 12.6 Å². The zero-order valence-corrected chi connectivity index (χ0v) is 19.4. The highest BCUT2D eigenvalue weighted by Gasteiger charge is 2.47. The van der Waals surface area contributed by atoms with E-state index in [2.05, 4.69) is 36.7 Å². The second-order valence-electron chi connectivity index (χ2n) is 8.18. The first kappa shape index (κ1) is 26.9. The van der Waals surface area contributed by atoms with Gasteiger partial charge in [0.1, 0.15) is 17.4 Å². The van der Waals surface area contributed by atoms with Crippen LogP contribution in [0.25, 0.3) is 0 Å². The van der Waals surface area contributed by atoms with E-state index >= 15 is 0 Å². The maximum atomic E-state index is 12.9. The summed E-state index contributed by atoms with van der Waals surface area (Å²) in [7, 11) is 0. The molecule has 0 bridgehead atoms. The molecule has 8 nitrogen and oxygen atoms in total. The van der Waals surface area contributed by atoms with E-state index < -0.39 is 30.8 Å². The van der Waals surface area contributed by atoms with Crippen molar-refractivity contribution in [2.75, 3.05) is 0 Å². The molecule has 194 valence electrons. The Labute approximate surface area is 205 Å². The van der Waals surface area contributed by atoms with Gasteiger partial charge in [0.15, 0.2) is 5.90 Å². The second-order valence-corrected chi connectivity index (χ2v) is 8.18. The van der Waals surface area contributed by atoms with Gasteiger partial charge in [0.05, 0.1) is 12.2 Å². The Kier molecular flexibility index (Phi) is 8.86. The highest BCUT2D eigenvalue weighted by molar-refractivity contribution is 5.87. The number of ether oxygens (including phenoxy) is 2. The molecule has 2 aliphatic rings. The van der Waals surface area contributed by atoms with Gasteiger partial charge in [-0.3, -0.25) is 9.78 Å². The Morgan fingerprint density at radius 2 is 2.08 bits per heavy atom.